The van der Waals surface area contributed by atoms with Crippen molar-refractivity contribution in [3.05, 3.63) is 71.1 Å². The number of fused-ring (bicyclic) bond motifs is 1. The summed E-state index contributed by atoms with van der Waals surface area (Å²) >= 11 is 0. The van der Waals surface area contributed by atoms with E-state index in [1.165, 1.54) is 19.2 Å². The molecular weight excluding hydrogens is 431 g/mol. The van der Waals surface area contributed by atoms with E-state index >= 15 is 0 Å². The Bertz CT molecular complexity index is 1430. The van der Waals surface area contributed by atoms with Crippen LogP contribution in [0.3, 0.4) is 0 Å². The highest BCUT2D eigenvalue weighted by atomic mass is 32.2. The van der Waals surface area contributed by atoms with Gasteiger partial charge in [0.15, 0.2) is 20.5 Å². The lowest BCUT2D eigenvalue weighted by Gasteiger charge is -2.13. The minimum absolute atomic E-state index is 0.0296. The van der Waals surface area contributed by atoms with E-state index in [-0.39, 0.29) is 10.8 Å². The van der Waals surface area contributed by atoms with Crippen LogP contribution in [0.2, 0.25) is 0 Å². The molecule has 0 saturated carbocycles. The van der Waals surface area contributed by atoms with Gasteiger partial charge in [-0.05, 0) is 68.7 Å². The molecule has 0 fully saturated rings. The van der Waals surface area contributed by atoms with Gasteiger partial charge in [0, 0.05) is 34.3 Å². The van der Waals surface area contributed by atoms with E-state index in [4.69, 9.17) is 4.74 Å². The molecule has 7 nitrogen and oxygen atoms in total. The molecular formula is C23H23FN4O3S. The molecule has 0 radical (unpaired) electrons. The monoisotopic (exact) mass is 454 g/mol. The van der Waals surface area contributed by atoms with Gasteiger partial charge in [0.25, 0.3) is 0 Å². The van der Waals surface area contributed by atoms with Gasteiger partial charge in [-0.1, -0.05) is 0 Å². The van der Waals surface area contributed by atoms with Crippen molar-refractivity contribution in [3.8, 4) is 16.9 Å². The molecule has 0 spiro atoms. The second kappa shape index (κ2) is 8.31. The third kappa shape index (κ3) is 4.08. The quantitative estimate of drug-likeness (QED) is 0.441. The van der Waals surface area contributed by atoms with Crippen LogP contribution in [0, 0.1) is 19.7 Å². The van der Waals surface area contributed by atoms with Crippen molar-refractivity contribution in [2.75, 3.05) is 13.4 Å². The number of rotatable bonds is 6. The van der Waals surface area contributed by atoms with Crippen LogP contribution in [-0.2, 0) is 22.7 Å². The number of hydrogen-bond acceptors (Lipinski definition) is 6. The van der Waals surface area contributed by atoms with E-state index in [2.05, 4.69) is 15.2 Å². The average molecular weight is 455 g/mol. The highest BCUT2D eigenvalue weighted by Crippen LogP contribution is 2.29. The van der Waals surface area contributed by atoms with Crippen LogP contribution in [-0.4, -0.2) is 41.4 Å². The first-order chi connectivity index (χ1) is 15.2. The molecule has 0 aliphatic heterocycles. The Hall–Kier alpha value is -3.33. The Labute approximate surface area is 185 Å². The van der Waals surface area contributed by atoms with Crippen LogP contribution in [0.1, 0.15) is 22.5 Å². The zero-order chi connectivity index (χ0) is 23.0. The third-order valence-corrected chi connectivity index (χ3v) is 6.41. The highest BCUT2D eigenvalue weighted by Gasteiger charge is 2.17. The first-order valence-corrected chi connectivity index (χ1v) is 11.9. The number of pyridine rings is 2. The highest BCUT2D eigenvalue weighted by molar-refractivity contribution is 7.90. The van der Waals surface area contributed by atoms with Crippen molar-refractivity contribution >= 4 is 15.5 Å². The summed E-state index contributed by atoms with van der Waals surface area (Å²) in [5.74, 6) is 0.248. The average Bonchev–Trinajstić information content (AvgIpc) is 3.22. The van der Waals surface area contributed by atoms with E-state index in [1.807, 2.05) is 29.5 Å². The number of sulfone groups is 1. The Morgan fingerprint density at radius 2 is 1.81 bits per heavy atom. The lowest BCUT2D eigenvalue weighted by Crippen LogP contribution is -2.05. The molecule has 4 rings (SSSR count). The Balaban J connectivity index is 1.70. The second-order valence-electron chi connectivity index (χ2n) is 7.75. The number of hydrogen-bond donors (Lipinski definition) is 0. The van der Waals surface area contributed by atoms with E-state index in [9.17, 15) is 12.8 Å². The molecule has 0 unspecified atom stereocenters. The normalized spacial score (nSPS) is 11.8. The van der Waals surface area contributed by atoms with Gasteiger partial charge in [-0.2, -0.15) is 0 Å². The maximum Gasteiger partial charge on any atom is 0.192 e. The summed E-state index contributed by atoms with van der Waals surface area (Å²) in [7, 11) is -1.86. The summed E-state index contributed by atoms with van der Waals surface area (Å²) in [6.45, 7) is 3.59. The van der Waals surface area contributed by atoms with Crippen molar-refractivity contribution in [2.24, 2.45) is 0 Å². The molecule has 32 heavy (non-hydrogen) atoms. The molecule has 3 aromatic heterocycles. The van der Waals surface area contributed by atoms with Crippen LogP contribution in [0.15, 0.2) is 47.8 Å². The van der Waals surface area contributed by atoms with Gasteiger partial charge in [0.05, 0.1) is 7.11 Å². The van der Waals surface area contributed by atoms with Gasteiger partial charge >= 0.3 is 0 Å². The summed E-state index contributed by atoms with van der Waals surface area (Å²) in [5.41, 5.74) is 5.00. The number of aromatic nitrogens is 4. The summed E-state index contributed by atoms with van der Waals surface area (Å²) in [6.07, 6.45) is 3.75. The van der Waals surface area contributed by atoms with E-state index < -0.39 is 9.84 Å². The van der Waals surface area contributed by atoms with Gasteiger partial charge in [-0.25, -0.2) is 17.8 Å². The maximum absolute atomic E-state index is 14.5. The van der Waals surface area contributed by atoms with Gasteiger partial charge in [0.2, 0.25) is 0 Å². The summed E-state index contributed by atoms with van der Waals surface area (Å²) < 4.78 is 45.4. The molecule has 0 bridgehead atoms. The van der Waals surface area contributed by atoms with Crippen LogP contribution in [0.25, 0.3) is 16.8 Å². The number of aryl methyl sites for hydroxylation is 3. The van der Waals surface area contributed by atoms with Gasteiger partial charge in [-0.15, -0.1) is 10.2 Å². The number of ether oxygens (including phenoxy) is 1. The van der Waals surface area contributed by atoms with Crippen LogP contribution in [0.4, 0.5) is 4.39 Å². The Kier molecular flexibility index (Phi) is 5.68. The lowest BCUT2D eigenvalue weighted by molar-refractivity contribution is 0.404. The predicted molar refractivity (Wildman–Crippen MR) is 119 cm³/mol. The SMILES string of the molecule is COc1cc(C)cc(F)c1CCc1ccc(-c2ccc(S(C)(=O)=O)nc2C)c2nncn12. The summed E-state index contributed by atoms with van der Waals surface area (Å²) in [6, 6.07) is 10.4. The van der Waals surface area contributed by atoms with Crippen molar-refractivity contribution in [1.82, 2.24) is 19.6 Å². The molecule has 0 aliphatic rings. The molecule has 4 aromatic rings. The zero-order valence-corrected chi connectivity index (χ0v) is 19.1. The fraction of sp³-hybridized carbons (Fsp3) is 0.261. The molecule has 0 aliphatic carbocycles. The molecule has 166 valence electrons. The third-order valence-electron chi connectivity index (χ3n) is 5.42. The first-order valence-electron chi connectivity index (χ1n) is 10.0. The smallest absolute Gasteiger partial charge is 0.192 e. The van der Waals surface area contributed by atoms with Crippen molar-refractivity contribution in [1.29, 1.82) is 0 Å². The van der Waals surface area contributed by atoms with Gasteiger partial charge < -0.3 is 4.74 Å². The summed E-state index contributed by atoms with van der Waals surface area (Å²) in [5, 5.41) is 8.33. The van der Waals surface area contributed by atoms with Crippen molar-refractivity contribution in [2.45, 2.75) is 31.7 Å². The zero-order valence-electron chi connectivity index (χ0n) is 18.3. The molecule has 0 amide bonds. The minimum atomic E-state index is -3.39. The number of halogens is 1. The fourth-order valence-electron chi connectivity index (χ4n) is 3.82. The van der Waals surface area contributed by atoms with Crippen LogP contribution < -0.4 is 4.74 Å². The lowest BCUT2D eigenvalue weighted by atomic mass is 10.0. The van der Waals surface area contributed by atoms with Crippen molar-refractivity contribution in [3.63, 3.8) is 0 Å². The largest absolute Gasteiger partial charge is 0.496 e. The number of benzene rings is 1. The van der Waals surface area contributed by atoms with Crippen LogP contribution in [0.5, 0.6) is 5.75 Å². The van der Waals surface area contributed by atoms with Crippen molar-refractivity contribution < 1.29 is 17.5 Å². The molecule has 9 heteroatoms. The van der Waals surface area contributed by atoms with Gasteiger partial charge in [0.1, 0.15) is 17.9 Å². The second-order valence-corrected chi connectivity index (χ2v) is 9.71. The van der Waals surface area contributed by atoms with Crippen LogP contribution >= 0.6 is 0 Å². The Morgan fingerprint density at radius 1 is 1.06 bits per heavy atom. The Morgan fingerprint density at radius 3 is 2.50 bits per heavy atom. The van der Waals surface area contributed by atoms with Gasteiger partial charge in [-0.3, -0.25) is 4.40 Å². The minimum Gasteiger partial charge on any atom is -0.496 e. The van der Waals surface area contributed by atoms with E-state index in [0.717, 1.165) is 28.6 Å². The number of nitrogens with zero attached hydrogens (tertiary/aromatic N) is 4. The fourth-order valence-corrected chi connectivity index (χ4v) is 4.44. The van der Waals surface area contributed by atoms with E-state index in [0.29, 0.717) is 35.5 Å². The molecule has 1 aromatic carbocycles. The topological polar surface area (TPSA) is 86.5 Å². The summed E-state index contributed by atoms with van der Waals surface area (Å²) in [4.78, 5) is 4.25. The molecule has 0 N–H and O–H groups in total. The predicted octanol–water partition coefficient (Wildman–Crippen LogP) is 3.74. The molecule has 3 heterocycles. The standard InChI is InChI=1S/C23H23FN4O3S/c1-14-11-20(24)19(21(12-14)31-3)8-6-16-5-7-18(23-27-25-13-28(16)23)17-9-10-22(26-15(17)2)32(4,29)30/h5,7,9-13H,6,8H2,1-4H3. The maximum atomic E-state index is 14.5. The van der Waals surface area contributed by atoms with E-state index in [1.54, 1.807) is 19.3 Å². The molecule has 0 atom stereocenters. The molecule has 0 saturated heterocycles. The number of methoxy groups -OCH3 is 1. The first kappa shape index (κ1) is 21.9.